The normalized spacial score (nSPS) is 23.4. The number of ether oxygens (including phenoxy) is 1. The van der Waals surface area contributed by atoms with Crippen LogP contribution in [0.5, 0.6) is 0 Å². The number of hydrogen-bond donors (Lipinski definition) is 1. The van der Waals surface area contributed by atoms with Gasteiger partial charge in [0.25, 0.3) is 0 Å². The highest BCUT2D eigenvalue weighted by molar-refractivity contribution is 7.14. The number of carbonyl (C=O) groups is 1. The van der Waals surface area contributed by atoms with E-state index in [1.165, 1.54) is 11.3 Å². The van der Waals surface area contributed by atoms with Crippen molar-refractivity contribution < 1.29 is 9.53 Å². The first-order chi connectivity index (χ1) is 8.83. The lowest BCUT2D eigenvalue weighted by atomic mass is 10.1. The van der Waals surface area contributed by atoms with Gasteiger partial charge in [-0.25, -0.2) is 4.98 Å². The second-order valence-corrected chi connectivity index (χ2v) is 7.11. The van der Waals surface area contributed by atoms with Gasteiger partial charge < -0.3 is 10.1 Å². The lowest BCUT2D eigenvalue weighted by molar-refractivity contribution is -0.159. The highest BCUT2D eigenvalue weighted by atomic mass is 35.5. The van der Waals surface area contributed by atoms with Crippen molar-refractivity contribution in [2.75, 3.05) is 5.32 Å². The molecule has 1 aromatic rings. The molecular formula is C13H19ClN2O2S. The van der Waals surface area contributed by atoms with Crippen LogP contribution in [0.15, 0.2) is 5.38 Å². The van der Waals surface area contributed by atoms with Gasteiger partial charge in [-0.05, 0) is 40.0 Å². The summed E-state index contributed by atoms with van der Waals surface area (Å²) in [6, 6.07) is 0.278. The first-order valence-electron chi connectivity index (χ1n) is 6.44. The summed E-state index contributed by atoms with van der Waals surface area (Å²) < 4.78 is 5.42. The van der Waals surface area contributed by atoms with Crippen LogP contribution in [0.1, 0.15) is 40.0 Å². The predicted octanol–water partition coefficient (Wildman–Crippen LogP) is 3.72. The van der Waals surface area contributed by atoms with E-state index in [2.05, 4.69) is 10.3 Å². The Balaban J connectivity index is 1.84. The molecule has 4 nitrogen and oxygen atoms in total. The minimum absolute atomic E-state index is 0.00726. The molecule has 0 amide bonds. The number of aromatic nitrogens is 1. The largest absolute Gasteiger partial charge is 0.460 e. The monoisotopic (exact) mass is 302 g/mol. The van der Waals surface area contributed by atoms with E-state index in [0.29, 0.717) is 5.15 Å². The highest BCUT2D eigenvalue weighted by Gasteiger charge is 2.33. The van der Waals surface area contributed by atoms with Crippen LogP contribution in [0.4, 0.5) is 5.13 Å². The van der Waals surface area contributed by atoms with E-state index in [9.17, 15) is 4.79 Å². The van der Waals surface area contributed by atoms with Crippen LogP contribution in [0.3, 0.4) is 0 Å². The molecule has 19 heavy (non-hydrogen) atoms. The van der Waals surface area contributed by atoms with Crippen molar-refractivity contribution in [1.82, 2.24) is 4.98 Å². The van der Waals surface area contributed by atoms with Crippen molar-refractivity contribution in [2.45, 2.75) is 51.7 Å². The Bertz CT molecular complexity index is 456. The third-order valence-corrected chi connectivity index (χ3v) is 4.07. The molecule has 0 saturated heterocycles. The molecule has 0 radical (unpaired) electrons. The molecule has 0 bridgehead atoms. The molecule has 1 heterocycles. The van der Waals surface area contributed by atoms with Gasteiger partial charge in [0.1, 0.15) is 10.8 Å². The maximum atomic E-state index is 12.0. The Morgan fingerprint density at radius 1 is 1.53 bits per heavy atom. The molecule has 1 aromatic heterocycles. The van der Waals surface area contributed by atoms with Gasteiger partial charge in [-0.15, -0.1) is 11.3 Å². The molecule has 106 valence electrons. The standard InChI is InChI=1S/C13H19ClN2O2S/c1-13(2,3)18-11(17)8-4-5-9(6-8)15-12-16-10(14)7-19-12/h7-9H,4-6H2,1-3H3,(H,15,16)/t8-,9+/m1/s1. The highest BCUT2D eigenvalue weighted by Crippen LogP contribution is 2.31. The topological polar surface area (TPSA) is 51.2 Å². The van der Waals surface area contributed by atoms with Crippen LogP contribution < -0.4 is 5.32 Å². The van der Waals surface area contributed by atoms with Crippen LogP contribution in [0, 0.1) is 5.92 Å². The van der Waals surface area contributed by atoms with E-state index in [-0.39, 0.29) is 17.9 Å². The number of nitrogens with one attached hydrogen (secondary N) is 1. The summed E-state index contributed by atoms with van der Waals surface area (Å²) in [5, 5.41) is 6.45. The number of hydrogen-bond acceptors (Lipinski definition) is 5. The fraction of sp³-hybridized carbons (Fsp3) is 0.692. The van der Waals surface area contributed by atoms with E-state index in [1.807, 2.05) is 20.8 Å². The summed E-state index contributed by atoms with van der Waals surface area (Å²) in [4.78, 5) is 16.1. The molecule has 2 atom stereocenters. The van der Waals surface area contributed by atoms with E-state index in [1.54, 1.807) is 5.38 Å². The van der Waals surface area contributed by atoms with Crippen LogP contribution in [0.25, 0.3) is 0 Å². The molecule has 0 spiro atoms. The Morgan fingerprint density at radius 3 is 2.84 bits per heavy atom. The maximum Gasteiger partial charge on any atom is 0.309 e. The summed E-state index contributed by atoms with van der Waals surface area (Å²) in [5.41, 5.74) is -0.411. The molecule has 2 rings (SSSR count). The summed E-state index contributed by atoms with van der Waals surface area (Å²) in [6.45, 7) is 5.69. The molecule has 0 aliphatic heterocycles. The fourth-order valence-electron chi connectivity index (χ4n) is 2.21. The van der Waals surface area contributed by atoms with Crippen LogP contribution in [-0.4, -0.2) is 22.6 Å². The van der Waals surface area contributed by atoms with Crippen molar-refractivity contribution in [1.29, 1.82) is 0 Å². The molecule has 0 aromatic carbocycles. The van der Waals surface area contributed by atoms with Gasteiger partial charge in [0, 0.05) is 11.4 Å². The smallest absolute Gasteiger partial charge is 0.309 e. The fourth-order valence-corrected chi connectivity index (χ4v) is 3.12. The minimum Gasteiger partial charge on any atom is -0.460 e. The zero-order valence-electron chi connectivity index (χ0n) is 11.4. The molecular weight excluding hydrogens is 284 g/mol. The number of anilines is 1. The van der Waals surface area contributed by atoms with E-state index in [0.717, 1.165) is 24.4 Å². The summed E-state index contributed by atoms with van der Waals surface area (Å²) in [5.74, 6) is -0.0962. The maximum absolute atomic E-state index is 12.0. The number of thiazole rings is 1. The SMILES string of the molecule is CC(C)(C)OC(=O)[C@@H]1CC[C@H](Nc2nc(Cl)cs2)C1. The van der Waals surface area contributed by atoms with E-state index >= 15 is 0 Å². The van der Waals surface area contributed by atoms with E-state index < -0.39 is 5.60 Å². The average molecular weight is 303 g/mol. The van der Waals surface area contributed by atoms with Gasteiger partial charge in [-0.3, -0.25) is 4.79 Å². The predicted molar refractivity (Wildman–Crippen MR) is 77.7 cm³/mol. The molecule has 6 heteroatoms. The molecule has 1 fully saturated rings. The van der Waals surface area contributed by atoms with Crippen LogP contribution >= 0.6 is 22.9 Å². The molecule has 0 unspecified atom stereocenters. The lowest BCUT2D eigenvalue weighted by Crippen LogP contribution is -2.28. The summed E-state index contributed by atoms with van der Waals surface area (Å²) in [6.07, 6.45) is 2.62. The number of rotatable bonds is 3. The Labute approximate surface area is 122 Å². The molecule has 1 aliphatic carbocycles. The van der Waals surface area contributed by atoms with Crippen molar-refractivity contribution in [3.63, 3.8) is 0 Å². The van der Waals surface area contributed by atoms with Gasteiger partial charge in [0.2, 0.25) is 0 Å². The van der Waals surface area contributed by atoms with Crippen LogP contribution in [0.2, 0.25) is 5.15 Å². The minimum atomic E-state index is -0.411. The van der Waals surface area contributed by atoms with Gasteiger partial charge in [-0.1, -0.05) is 11.6 Å². The Kier molecular flexibility index (Phi) is 4.36. The van der Waals surface area contributed by atoms with Crippen molar-refractivity contribution >= 4 is 34.0 Å². The van der Waals surface area contributed by atoms with Crippen molar-refractivity contribution in [3.8, 4) is 0 Å². The number of esters is 1. The quantitative estimate of drug-likeness (QED) is 0.865. The van der Waals surface area contributed by atoms with E-state index in [4.69, 9.17) is 16.3 Å². The first-order valence-corrected chi connectivity index (χ1v) is 7.70. The number of nitrogens with zero attached hydrogens (tertiary/aromatic N) is 1. The third kappa shape index (κ3) is 4.35. The number of carbonyl (C=O) groups excluding carboxylic acids is 1. The molecule has 1 aliphatic rings. The summed E-state index contributed by atoms with van der Waals surface area (Å²) in [7, 11) is 0. The number of halogens is 1. The summed E-state index contributed by atoms with van der Waals surface area (Å²) >= 11 is 7.27. The second kappa shape index (κ2) is 5.67. The third-order valence-electron chi connectivity index (χ3n) is 2.98. The average Bonchev–Trinajstić information content (AvgIpc) is 2.86. The van der Waals surface area contributed by atoms with Gasteiger partial charge in [-0.2, -0.15) is 0 Å². The van der Waals surface area contributed by atoms with Gasteiger partial charge in [0.15, 0.2) is 5.13 Å². The zero-order valence-corrected chi connectivity index (χ0v) is 13.0. The van der Waals surface area contributed by atoms with Gasteiger partial charge in [0.05, 0.1) is 5.92 Å². The second-order valence-electron chi connectivity index (χ2n) is 5.86. The zero-order chi connectivity index (χ0) is 14.0. The molecule has 1 N–H and O–H groups in total. The van der Waals surface area contributed by atoms with Crippen molar-refractivity contribution in [3.05, 3.63) is 10.5 Å². The molecule has 1 saturated carbocycles. The Morgan fingerprint density at radius 2 is 2.26 bits per heavy atom. The van der Waals surface area contributed by atoms with Crippen molar-refractivity contribution in [2.24, 2.45) is 5.92 Å². The Hall–Kier alpha value is -0.810. The van der Waals surface area contributed by atoms with Crippen LogP contribution in [-0.2, 0) is 9.53 Å². The first kappa shape index (κ1) is 14.6. The van der Waals surface area contributed by atoms with Gasteiger partial charge >= 0.3 is 5.97 Å². The lowest BCUT2D eigenvalue weighted by Gasteiger charge is -2.22.